The molecule has 96 valence electrons. The molecule has 2 aromatic rings. The highest BCUT2D eigenvalue weighted by Crippen LogP contribution is 2.48. The summed E-state index contributed by atoms with van der Waals surface area (Å²) < 4.78 is 7.85. The highest BCUT2D eigenvalue weighted by molar-refractivity contribution is 6.13. The Morgan fingerprint density at radius 2 is 2.16 bits per heavy atom. The van der Waals surface area contributed by atoms with Crippen molar-refractivity contribution in [1.82, 2.24) is 9.88 Å². The lowest BCUT2D eigenvalue weighted by Gasteiger charge is -2.45. The molecule has 3 heterocycles. The number of anilines is 1. The summed E-state index contributed by atoms with van der Waals surface area (Å²) >= 11 is 0. The van der Waals surface area contributed by atoms with Crippen LogP contribution < -0.4 is 4.90 Å². The van der Waals surface area contributed by atoms with Crippen molar-refractivity contribution in [3.05, 3.63) is 36.0 Å². The van der Waals surface area contributed by atoms with Crippen molar-refractivity contribution in [2.24, 2.45) is 0 Å². The maximum absolute atomic E-state index is 12.7. The molecule has 4 nitrogen and oxygen atoms in total. The lowest BCUT2D eigenvalue weighted by Crippen LogP contribution is -2.62. The SMILES string of the molecule is [2H]c1ccc2ncc3c(c2c1)C1(CN(C)C1)C(=O)N3C. The van der Waals surface area contributed by atoms with E-state index in [-0.39, 0.29) is 5.91 Å². The van der Waals surface area contributed by atoms with Crippen LogP contribution in [-0.4, -0.2) is 43.0 Å². The van der Waals surface area contributed by atoms with E-state index in [0.717, 1.165) is 35.2 Å². The molecule has 0 atom stereocenters. The second-order valence-electron chi connectivity index (χ2n) is 5.58. The van der Waals surface area contributed by atoms with Crippen LogP contribution in [0.4, 0.5) is 5.69 Å². The van der Waals surface area contributed by atoms with Crippen LogP contribution in [0.2, 0.25) is 0 Å². The van der Waals surface area contributed by atoms with Gasteiger partial charge in [0.2, 0.25) is 5.91 Å². The fraction of sp³-hybridized carbons (Fsp3) is 0.333. The first kappa shape index (κ1) is 9.92. The zero-order valence-electron chi connectivity index (χ0n) is 12.0. The number of likely N-dealkylation sites (tertiary alicyclic amines) is 1. The second kappa shape index (κ2) is 3.33. The maximum atomic E-state index is 12.7. The zero-order valence-corrected chi connectivity index (χ0v) is 11.0. The van der Waals surface area contributed by atoms with Crippen molar-refractivity contribution in [2.45, 2.75) is 5.41 Å². The molecule has 1 aromatic carbocycles. The van der Waals surface area contributed by atoms with Crippen molar-refractivity contribution >= 4 is 22.5 Å². The summed E-state index contributed by atoms with van der Waals surface area (Å²) in [5.74, 6) is 0.148. The number of rotatable bonds is 0. The first-order valence-electron chi connectivity index (χ1n) is 6.89. The van der Waals surface area contributed by atoms with Gasteiger partial charge in [-0.1, -0.05) is 18.2 Å². The molecule has 0 radical (unpaired) electrons. The molecule has 19 heavy (non-hydrogen) atoms. The standard InChI is InChI=1S/C15H15N3O/c1-17-8-15(9-17)13-10-5-3-4-6-11(10)16-7-12(13)18(2)14(15)19/h3-7H,8-9H2,1-2H3/i3D. The van der Waals surface area contributed by atoms with Crippen molar-refractivity contribution in [2.75, 3.05) is 32.1 Å². The molecule has 0 N–H and O–H groups in total. The minimum absolute atomic E-state index is 0.148. The Balaban J connectivity index is 2.07. The van der Waals surface area contributed by atoms with E-state index in [9.17, 15) is 4.79 Å². The number of pyridine rings is 1. The van der Waals surface area contributed by atoms with Crippen LogP contribution in [0.25, 0.3) is 10.9 Å². The quantitative estimate of drug-likeness (QED) is 0.713. The van der Waals surface area contributed by atoms with Gasteiger partial charge in [-0.25, -0.2) is 0 Å². The van der Waals surface area contributed by atoms with Gasteiger partial charge in [0, 0.05) is 31.1 Å². The first-order valence-corrected chi connectivity index (χ1v) is 6.39. The maximum Gasteiger partial charge on any atom is 0.240 e. The van der Waals surface area contributed by atoms with Gasteiger partial charge in [-0.05, 0) is 13.1 Å². The summed E-state index contributed by atoms with van der Waals surface area (Å²) in [5.41, 5.74) is 2.37. The summed E-state index contributed by atoms with van der Waals surface area (Å²) in [7, 11) is 3.84. The Hall–Kier alpha value is -1.94. The molecular weight excluding hydrogens is 238 g/mol. The predicted molar refractivity (Wildman–Crippen MR) is 74.3 cm³/mol. The van der Waals surface area contributed by atoms with Crippen LogP contribution in [0.15, 0.2) is 30.4 Å². The fourth-order valence-electron chi connectivity index (χ4n) is 3.53. The monoisotopic (exact) mass is 254 g/mol. The van der Waals surface area contributed by atoms with E-state index in [1.807, 2.05) is 26.2 Å². The van der Waals surface area contributed by atoms with Crippen molar-refractivity contribution in [3.63, 3.8) is 0 Å². The highest BCUT2D eigenvalue weighted by Gasteiger charge is 2.57. The molecule has 1 aromatic heterocycles. The lowest BCUT2D eigenvalue weighted by molar-refractivity contribution is -0.128. The van der Waals surface area contributed by atoms with E-state index in [4.69, 9.17) is 1.37 Å². The summed E-state index contributed by atoms with van der Waals surface area (Å²) in [6.45, 7) is 1.48. The second-order valence-corrected chi connectivity index (χ2v) is 5.58. The number of hydrogen-bond donors (Lipinski definition) is 0. The molecule has 0 unspecified atom stereocenters. The van der Waals surface area contributed by atoms with Crippen LogP contribution >= 0.6 is 0 Å². The van der Waals surface area contributed by atoms with Crippen molar-refractivity contribution in [3.8, 4) is 0 Å². The lowest BCUT2D eigenvalue weighted by atomic mass is 9.74. The number of carbonyl (C=O) groups excluding carboxylic acids is 1. The average molecular weight is 254 g/mol. The van der Waals surface area contributed by atoms with Gasteiger partial charge in [-0.15, -0.1) is 0 Å². The number of carbonyl (C=O) groups is 1. The minimum atomic E-state index is -0.437. The highest BCUT2D eigenvalue weighted by atomic mass is 16.2. The van der Waals surface area contributed by atoms with Crippen LogP contribution in [0.1, 0.15) is 6.93 Å². The number of amides is 1. The Morgan fingerprint density at radius 1 is 1.37 bits per heavy atom. The third-order valence-electron chi connectivity index (χ3n) is 4.33. The summed E-state index contributed by atoms with van der Waals surface area (Å²) in [4.78, 5) is 21.0. The number of para-hydroxylation sites is 1. The number of aromatic nitrogens is 1. The third kappa shape index (κ3) is 1.17. The molecule has 4 heteroatoms. The largest absolute Gasteiger partial charge is 0.313 e. The molecule has 1 spiro atoms. The molecule has 2 aliphatic rings. The number of hydrogen-bond acceptors (Lipinski definition) is 3. The average Bonchev–Trinajstić information content (AvgIpc) is 2.61. The van der Waals surface area contributed by atoms with Crippen LogP contribution in [-0.2, 0) is 10.2 Å². The summed E-state index contributed by atoms with van der Waals surface area (Å²) in [6.07, 6.45) is 1.78. The molecule has 2 aliphatic heterocycles. The van der Waals surface area contributed by atoms with Gasteiger partial charge in [0.1, 0.15) is 5.41 Å². The predicted octanol–water partition coefficient (Wildman–Crippen LogP) is 1.39. The van der Waals surface area contributed by atoms with Gasteiger partial charge in [-0.2, -0.15) is 0 Å². The van der Waals surface area contributed by atoms with Crippen molar-refractivity contribution < 1.29 is 6.17 Å². The summed E-state index contributed by atoms with van der Waals surface area (Å²) in [6, 6.07) is 5.88. The van der Waals surface area contributed by atoms with Gasteiger partial charge in [0.05, 0.1) is 18.8 Å². The van der Waals surface area contributed by atoms with E-state index < -0.39 is 5.41 Å². The van der Waals surface area contributed by atoms with Crippen LogP contribution in [0, 0.1) is 0 Å². The van der Waals surface area contributed by atoms with Crippen LogP contribution in [0.5, 0.6) is 0 Å². The molecule has 0 aliphatic carbocycles. The van der Waals surface area contributed by atoms with Crippen LogP contribution in [0.3, 0.4) is 0 Å². The van der Waals surface area contributed by atoms with Gasteiger partial charge >= 0.3 is 0 Å². The smallest absolute Gasteiger partial charge is 0.240 e. The van der Waals surface area contributed by atoms with E-state index in [1.54, 1.807) is 17.2 Å². The van der Waals surface area contributed by atoms with E-state index in [2.05, 4.69) is 9.88 Å². The molecule has 1 saturated heterocycles. The topological polar surface area (TPSA) is 36.4 Å². The van der Waals surface area contributed by atoms with Gasteiger partial charge in [0.15, 0.2) is 0 Å². The van der Waals surface area contributed by atoms with E-state index in [0.29, 0.717) is 6.04 Å². The third-order valence-corrected chi connectivity index (χ3v) is 4.33. The van der Waals surface area contributed by atoms with E-state index >= 15 is 0 Å². The Kier molecular flexibility index (Phi) is 1.74. The summed E-state index contributed by atoms with van der Waals surface area (Å²) in [5, 5.41) is 0.945. The minimum Gasteiger partial charge on any atom is -0.313 e. The number of benzene rings is 1. The number of fused-ring (bicyclic) bond motifs is 4. The molecule has 0 saturated carbocycles. The number of nitrogens with zero attached hydrogens (tertiary/aromatic N) is 3. The molecule has 0 bridgehead atoms. The molecule has 4 rings (SSSR count). The number of likely N-dealkylation sites (N-methyl/N-ethyl adjacent to an activating group) is 2. The first-order chi connectivity index (χ1) is 9.53. The van der Waals surface area contributed by atoms with Gasteiger partial charge in [0.25, 0.3) is 0 Å². The van der Waals surface area contributed by atoms with Gasteiger partial charge in [-0.3, -0.25) is 9.78 Å². The zero-order chi connectivity index (χ0) is 14.1. The molecule has 1 fully saturated rings. The molecule has 1 amide bonds. The van der Waals surface area contributed by atoms with Gasteiger partial charge < -0.3 is 9.80 Å². The fourth-order valence-corrected chi connectivity index (χ4v) is 3.53. The Bertz CT molecular complexity index is 752. The van der Waals surface area contributed by atoms with E-state index in [1.165, 1.54) is 0 Å². The Labute approximate surface area is 113 Å². The Morgan fingerprint density at radius 3 is 2.89 bits per heavy atom. The van der Waals surface area contributed by atoms with Crippen molar-refractivity contribution in [1.29, 1.82) is 0 Å². The normalized spacial score (nSPS) is 21.7. The molecular formula is C15H15N3O.